The van der Waals surface area contributed by atoms with Gasteiger partial charge in [-0.15, -0.1) is 0 Å². The molecule has 6 heteroatoms. The van der Waals surface area contributed by atoms with Gasteiger partial charge < -0.3 is 13.6 Å². The van der Waals surface area contributed by atoms with Crippen molar-refractivity contribution >= 4 is 65.9 Å². The van der Waals surface area contributed by atoms with Crippen LogP contribution in [0.3, 0.4) is 0 Å². The molecule has 6 aromatic carbocycles. The minimum atomic E-state index is 0.473. The fraction of sp³-hybridized carbons (Fsp3) is 0. The lowest BCUT2D eigenvalue weighted by atomic mass is 10.0. The zero-order valence-electron chi connectivity index (χ0n) is 27.2. The summed E-state index contributed by atoms with van der Waals surface area (Å²) in [7, 11) is 0. The van der Waals surface area contributed by atoms with Crippen LogP contribution in [0, 0.1) is 0 Å². The minimum Gasteiger partial charge on any atom is -0.435 e. The highest BCUT2D eigenvalue weighted by Gasteiger charge is 2.18. The maximum atomic E-state index is 6.37. The Hall–Kier alpha value is -7.05. The van der Waals surface area contributed by atoms with Gasteiger partial charge in [0.05, 0.1) is 34.0 Å². The van der Waals surface area contributed by atoms with Crippen molar-refractivity contribution in [2.75, 3.05) is 0 Å². The normalized spacial score (nSPS) is 11.9. The second-order valence-corrected chi connectivity index (χ2v) is 12.9. The SMILES string of the molecule is c1ccc(-n2c3ccccc3c3cc(-c4cnc5c(c4)oc4nc(-c6ccc7c(c6)c6ccccc6n7-c6ccccc6)cnc45)ccc32)cc1. The van der Waals surface area contributed by atoms with Gasteiger partial charge in [0.2, 0.25) is 5.71 Å². The average molecular weight is 654 g/mol. The summed E-state index contributed by atoms with van der Waals surface area (Å²) in [5.41, 5.74) is 13.2. The van der Waals surface area contributed by atoms with Gasteiger partial charge >= 0.3 is 0 Å². The van der Waals surface area contributed by atoms with Gasteiger partial charge in [-0.1, -0.05) is 84.9 Å². The van der Waals surface area contributed by atoms with E-state index in [2.05, 4.69) is 143 Å². The minimum absolute atomic E-state index is 0.473. The van der Waals surface area contributed by atoms with Crippen LogP contribution in [0.1, 0.15) is 0 Å². The number of aromatic nitrogens is 5. The quantitative estimate of drug-likeness (QED) is 0.190. The van der Waals surface area contributed by atoms with Crippen LogP contribution in [0.2, 0.25) is 0 Å². The van der Waals surface area contributed by atoms with Gasteiger partial charge in [0.1, 0.15) is 5.52 Å². The predicted molar refractivity (Wildman–Crippen MR) is 207 cm³/mol. The fourth-order valence-corrected chi connectivity index (χ4v) is 7.70. The third-order valence-electron chi connectivity index (χ3n) is 10.0. The van der Waals surface area contributed by atoms with E-state index >= 15 is 0 Å². The Balaban J connectivity index is 1.01. The summed E-state index contributed by atoms with van der Waals surface area (Å²) in [6.07, 6.45) is 3.72. The summed E-state index contributed by atoms with van der Waals surface area (Å²) >= 11 is 0. The molecule has 0 fully saturated rings. The standard InChI is InChI=1S/C45H27N5O/c1-3-11-31(12-4-1)49-38-17-9-7-15-33(38)35-23-28(19-21-40(35)49)30-25-42-43(46-26-30)44-45(51-42)48-37(27-47-44)29-20-22-41-36(24-29)34-16-8-10-18-39(34)50(41)32-13-5-2-6-14-32/h1-27H. The smallest absolute Gasteiger partial charge is 0.248 e. The molecule has 5 heterocycles. The first-order chi connectivity index (χ1) is 25.3. The number of hydrogen-bond acceptors (Lipinski definition) is 4. The second-order valence-electron chi connectivity index (χ2n) is 12.9. The molecule has 0 radical (unpaired) electrons. The second kappa shape index (κ2) is 10.7. The van der Waals surface area contributed by atoms with Crippen molar-refractivity contribution in [3.63, 3.8) is 0 Å². The van der Waals surface area contributed by atoms with Gasteiger partial charge in [0.25, 0.3) is 0 Å². The first-order valence-electron chi connectivity index (χ1n) is 17.0. The zero-order valence-corrected chi connectivity index (χ0v) is 27.2. The molecule has 0 unspecified atom stereocenters. The van der Waals surface area contributed by atoms with Crippen molar-refractivity contribution in [1.29, 1.82) is 0 Å². The van der Waals surface area contributed by atoms with Crippen LogP contribution in [-0.2, 0) is 0 Å². The van der Waals surface area contributed by atoms with E-state index in [1.807, 2.05) is 30.6 Å². The van der Waals surface area contributed by atoms with Crippen molar-refractivity contribution in [2.45, 2.75) is 0 Å². The van der Waals surface area contributed by atoms with E-state index in [0.29, 0.717) is 22.3 Å². The highest BCUT2D eigenvalue weighted by molar-refractivity contribution is 6.12. The molecule has 11 rings (SSSR count). The number of hydrogen-bond donors (Lipinski definition) is 0. The monoisotopic (exact) mass is 653 g/mol. The molecule has 0 saturated carbocycles. The van der Waals surface area contributed by atoms with Crippen molar-refractivity contribution in [1.82, 2.24) is 24.1 Å². The number of fused-ring (bicyclic) bond motifs is 9. The third kappa shape index (κ3) is 4.20. The van der Waals surface area contributed by atoms with E-state index in [1.54, 1.807) is 0 Å². The van der Waals surface area contributed by atoms with Gasteiger partial charge in [0, 0.05) is 50.2 Å². The Morgan fingerprint density at radius 2 is 0.941 bits per heavy atom. The highest BCUT2D eigenvalue weighted by atomic mass is 16.3. The van der Waals surface area contributed by atoms with E-state index < -0.39 is 0 Å². The molecule has 0 aliphatic heterocycles. The summed E-state index contributed by atoms with van der Waals surface area (Å²) in [4.78, 5) is 14.6. The van der Waals surface area contributed by atoms with Gasteiger partial charge in [-0.2, -0.15) is 0 Å². The maximum Gasteiger partial charge on any atom is 0.248 e. The molecular formula is C45H27N5O. The molecule has 0 spiro atoms. The van der Waals surface area contributed by atoms with Crippen LogP contribution in [0.25, 0.3) is 99.7 Å². The molecule has 5 aromatic heterocycles. The molecule has 0 bridgehead atoms. The van der Waals surface area contributed by atoms with Crippen molar-refractivity contribution in [3.05, 3.63) is 164 Å². The average Bonchev–Trinajstić information content (AvgIpc) is 3.85. The van der Waals surface area contributed by atoms with Gasteiger partial charge in [-0.25, -0.2) is 15.0 Å². The Morgan fingerprint density at radius 1 is 0.412 bits per heavy atom. The summed E-state index contributed by atoms with van der Waals surface area (Å²) in [6, 6.07) is 53.2. The molecule has 11 aromatic rings. The predicted octanol–water partition coefficient (Wildman–Crippen LogP) is 11.3. The molecule has 6 nitrogen and oxygen atoms in total. The van der Waals surface area contributed by atoms with Crippen LogP contribution >= 0.6 is 0 Å². The Labute approximate surface area is 291 Å². The number of furan rings is 1. The molecule has 0 aliphatic carbocycles. The molecule has 51 heavy (non-hydrogen) atoms. The van der Waals surface area contributed by atoms with E-state index in [-0.39, 0.29) is 0 Å². The van der Waals surface area contributed by atoms with E-state index in [0.717, 1.165) is 55.7 Å². The molecule has 0 atom stereocenters. The Morgan fingerprint density at radius 3 is 1.59 bits per heavy atom. The van der Waals surface area contributed by atoms with Crippen LogP contribution < -0.4 is 0 Å². The number of para-hydroxylation sites is 4. The highest BCUT2D eigenvalue weighted by Crippen LogP contribution is 2.38. The largest absolute Gasteiger partial charge is 0.435 e. The van der Waals surface area contributed by atoms with Gasteiger partial charge in [-0.05, 0) is 72.3 Å². The van der Waals surface area contributed by atoms with Crippen molar-refractivity contribution in [3.8, 4) is 33.8 Å². The van der Waals surface area contributed by atoms with Gasteiger partial charge in [-0.3, -0.25) is 0 Å². The van der Waals surface area contributed by atoms with Crippen LogP contribution in [0.15, 0.2) is 168 Å². The maximum absolute atomic E-state index is 6.37. The molecule has 238 valence electrons. The molecule has 0 N–H and O–H groups in total. The Bertz CT molecular complexity index is 2920. The molecule has 0 saturated heterocycles. The fourth-order valence-electron chi connectivity index (χ4n) is 7.70. The number of rotatable bonds is 4. The molecule has 0 aliphatic rings. The summed E-state index contributed by atoms with van der Waals surface area (Å²) in [5.74, 6) is 0. The number of pyridine rings is 1. The van der Waals surface area contributed by atoms with Crippen LogP contribution in [0.4, 0.5) is 0 Å². The number of nitrogens with zero attached hydrogens (tertiary/aromatic N) is 5. The van der Waals surface area contributed by atoms with Crippen molar-refractivity contribution < 1.29 is 4.42 Å². The van der Waals surface area contributed by atoms with E-state index in [4.69, 9.17) is 19.4 Å². The zero-order chi connectivity index (χ0) is 33.5. The first kappa shape index (κ1) is 27.9. The lowest BCUT2D eigenvalue weighted by Crippen LogP contribution is -1.93. The van der Waals surface area contributed by atoms with E-state index in [9.17, 15) is 0 Å². The summed E-state index contributed by atoms with van der Waals surface area (Å²) in [6.45, 7) is 0. The van der Waals surface area contributed by atoms with E-state index in [1.165, 1.54) is 21.7 Å². The van der Waals surface area contributed by atoms with Crippen LogP contribution in [0.5, 0.6) is 0 Å². The molecule has 0 amide bonds. The topological polar surface area (TPSA) is 61.7 Å². The summed E-state index contributed by atoms with van der Waals surface area (Å²) < 4.78 is 11.0. The Kier molecular flexibility index (Phi) is 5.86. The number of benzene rings is 6. The van der Waals surface area contributed by atoms with Crippen molar-refractivity contribution in [2.24, 2.45) is 0 Å². The van der Waals surface area contributed by atoms with Crippen LogP contribution in [-0.4, -0.2) is 24.1 Å². The summed E-state index contributed by atoms with van der Waals surface area (Å²) in [5, 5.41) is 4.75. The lowest BCUT2D eigenvalue weighted by Gasteiger charge is -2.08. The first-order valence-corrected chi connectivity index (χ1v) is 17.0. The lowest BCUT2D eigenvalue weighted by molar-refractivity contribution is 0.653. The van der Waals surface area contributed by atoms with Gasteiger partial charge in [0.15, 0.2) is 11.1 Å². The third-order valence-corrected chi connectivity index (χ3v) is 10.0. The molecular weight excluding hydrogens is 627 g/mol.